The van der Waals surface area contributed by atoms with Crippen LogP contribution in [0.15, 0.2) is 212 Å². The van der Waals surface area contributed by atoms with Gasteiger partial charge < -0.3 is 4.57 Å². The molecule has 0 saturated heterocycles. The summed E-state index contributed by atoms with van der Waals surface area (Å²) in [4.78, 5) is 15.6. The van der Waals surface area contributed by atoms with Crippen LogP contribution in [0, 0.1) is 0 Å². The Morgan fingerprint density at radius 1 is 0.274 bits per heavy atom. The van der Waals surface area contributed by atoms with E-state index in [0.29, 0.717) is 17.6 Å². The van der Waals surface area contributed by atoms with Crippen LogP contribution in [0.25, 0.3) is 121 Å². The summed E-state index contributed by atoms with van der Waals surface area (Å²) in [5.74, 6) is 1.81. The third-order valence-corrected chi connectivity index (χ3v) is 12.6. The summed E-state index contributed by atoms with van der Waals surface area (Å²) < 4.78 is 4.68. The lowest BCUT2D eigenvalue weighted by molar-refractivity contribution is 0.953. The first-order valence-corrected chi connectivity index (χ1v) is 21.0. The van der Waals surface area contributed by atoms with E-state index in [1.807, 2.05) is 36.4 Å². The van der Waals surface area contributed by atoms with Crippen molar-refractivity contribution in [1.29, 1.82) is 0 Å². The molecule has 0 fully saturated rings. The fraction of sp³-hybridized carbons (Fsp3) is 0. The molecule has 62 heavy (non-hydrogen) atoms. The first-order chi connectivity index (χ1) is 30.8. The van der Waals surface area contributed by atoms with Crippen LogP contribution < -0.4 is 0 Å². The first-order valence-electron chi connectivity index (χ1n) is 21.0. The summed E-state index contributed by atoms with van der Waals surface area (Å²) in [6.45, 7) is 0. The second-order valence-electron chi connectivity index (χ2n) is 15.9. The molecule has 3 aromatic heterocycles. The maximum absolute atomic E-state index is 5.28. The van der Waals surface area contributed by atoms with Crippen LogP contribution in [-0.2, 0) is 0 Å². The van der Waals surface area contributed by atoms with Gasteiger partial charge in [-0.3, -0.25) is 4.57 Å². The van der Waals surface area contributed by atoms with Crippen molar-refractivity contribution in [3.05, 3.63) is 212 Å². The molecule has 288 valence electrons. The number of fused-ring (bicyclic) bond motifs is 13. The SMILES string of the molecule is c1ccc(-c2nc(-c3ccccc3)nc(-n3c4ccccc4c4ccc5c6ccccc6n(-c6ccc(-c7cccc8c9ccccc9c9ccccc9c78)cc6)c5c43)n2)cc1. The van der Waals surface area contributed by atoms with E-state index >= 15 is 0 Å². The monoisotopic (exact) mass is 789 g/mol. The van der Waals surface area contributed by atoms with Gasteiger partial charge in [0.15, 0.2) is 11.6 Å². The van der Waals surface area contributed by atoms with Crippen molar-refractivity contribution >= 4 is 75.9 Å². The predicted molar refractivity (Wildman–Crippen MR) is 257 cm³/mol. The van der Waals surface area contributed by atoms with E-state index in [1.165, 1.54) is 48.8 Å². The molecule has 0 radical (unpaired) electrons. The predicted octanol–water partition coefficient (Wildman–Crippen LogP) is 14.5. The Bertz CT molecular complexity index is 3800. The topological polar surface area (TPSA) is 48.5 Å². The van der Waals surface area contributed by atoms with Gasteiger partial charge in [0, 0.05) is 38.4 Å². The average molecular weight is 790 g/mol. The van der Waals surface area contributed by atoms with Crippen molar-refractivity contribution < 1.29 is 0 Å². The highest BCUT2D eigenvalue weighted by molar-refractivity contribution is 6.28. The molecule has 0 aliphatic rings. The maximum Gasteiger partial charge on any atom is 0.238 e. The molecule has 0 bridgehead atoms. The molecule has 13 rings (SSSR count). The molecule has 0 aliphatic heterocycles. The van der Waals surface area contributed by atoms with Gasteiger partial charge in [-0.2, -0.15) is 9.97 Å². The number of para-hydroxylation sites is 2. The minimum absolute atomic E-state index is 0.569. The van der Waals surface area contributed by atoms with E-state index in [0.717, 1.165) is 55.0 Å². The van der Waals surface area contributed by atoms with Crippen molar-refractivity contribution in [1.82, 2.24) is 24.1 Å². The van der Waals surface area contributed by atoms with Crippen LogP contribution >= 0.6 is 0 Å². The second kappa shape index (κ2) is 13.6. The lowest BCUT2D eigenvalue weighted by atomic mass is 9.89. The van der Waals surface area contributed by atoms with Gasteiger partial charge >= 0.3 is 0 Å². The van der Waals surface area contributed by atoms with E-state index < -0.39 is 0 Å². The van der Waals surface area contributed by atoms with Crippen molar-refractivity contribution in [3.8, 4) is 45.5 Å². The molecule has 0 N–H and O–H groups in total. The number of benzene rings is 10. The Morgan fingerprint density at radius 3 is 1.27 bits per heavy atom. The number of nitrogens with zero attached hydrogens (tertiary/aromatic N) is 5. The smallest absolute Gasteiger partial charge is 0.238 e. The summed E-state index contributed by atoms with van der Waals surface area (Å²) in [5.41, 5.74) is 9.63. The first kappa shape index (κ1) is 34.5. The zero-order chi connectivity index (χ0) is 40.7. The van der Waals surface area contributed by atoms with Crippen molar-refractivity contribution in [2.45, 2.75) is 0 Å². The zero-order valence-corrected chi connectivity index (χ0v) is 33.4. The van der Waals surface area contributed by atoms with E-state index in [9.17, 15) is 0 Å². The van der Waals surface area contributed by atoms with E-state index in [4.69, 9.17) is 15.0 Å². The third kappa shape index (κ3) is 5.12. The minimum Gasteiger partial charge on any atom is -0.307 e. The van der Waals surface area contributed by atoms with Crippen LogP contribution in [0.3, 0.4) is 0 Å². The van der Waals surface area contributed by atoms with Gasteiger partial charge in [-0.05, 0) is 67.7 Å². The summed E-state index contributed by atoms with van der Waals surface area (Å²) in [5, 5.41) is 12.2. The molecule has 13 aromatic rings. The Morgan fingerprint density at radius 2 is 0.710 bits per heavy atom. The molecule has 3 heterocycles. The molecule has 5 heteroatoms. The van der Waals surface area contributed by atoms with Crippen LogP contribution in [0.2, 0.25) is 0 Å². The minimum atomic E-state index is 0.569. The molecular formula is C57H35N5. The Balaban J connectivity index is 1.08. The van der Waals surface area contributed by atoms with Crippen LogP contribution in [0.4, 0.5) is 0 Å². The standard InChI is InChI=1S/C57H35N5/c1-3-16-37(17-4-1)55-58-56(38-18-5-2-6-19-38)60-57(59-55)62-51-29-14-12-24-45(51)49-35-34-48-44-23-11-13-28-50(44)61(53(48)54(49)62)39-32-30-36(31-33-39)40-26-15-27-47-43-21-8-7-20-41(43)42-22-9-10-25-46(42)52(40)47/h1-35H. The summed E-state index contributed by atoms with van der Waals surface area (Å²) in [6, 6.07) is 75.7. The lowest BCUT2D eigenvalue weighted by Crippen LogP contribution is -2.07. The molecule has 0 amide bonds. The second-order valence-corrected chi connectivity index (χ2v) is 15.9. The van der Waals surface area contributed by atoms with Crippen molar-refractivity contribution in [3.63, 3.8) is 0 Å². The molecule has 0 saturated carbocycles. The van der Waals surface area contributed by atoms with Gasteiger partial charge in [0.25, 0.3) is 0 Å². The molecule has 0 aliphatic carbocycles. The van der Waals surface area contributed by atoms with Gasteiger partial charge in [-0.15, -0.1) is 0 Å². The highest BCUT2D eigenvalue weighted by Gasteiger charge is 2.24. The Labute approximate surface area is 356 Å². The highest BCUT2D eigenvalue weighted by atomic mass is 15.2. The zero-order valence-electron chi connectivity index (χ0n) is 33.4. The summed E-state index contributed by atoms with van der Waals surface area (Å²) in [6.07, 6.45) is 0. The fourth-order valence-corrected chi connectivity index (χ4v) is 9.86. The van der Waals surface area contributed by atoms with Crippen molar-refractivity contribution in [2.75, 3.05) is 0 Å². The molecular weight excluding hydrogens is 755 g/mol. The van der Waals surface area contributed by atoms with Crippen LogP contribution in [0.5, 0.6) is 0 Å². The molecule has 0 atom stereocenters. The number of aromatic nitrogens is 5. The average Bonchev–Trinajstić information content (AvgIpc) is 3.88. The summed E-state index contributed by atoms with van der Waals surface area (Å²) in [7, 11) is 0. The summed E-state index contributed by atoms with van der Waals surface area (Å²) >= 11 is 0. The van der Waals surface area contributed by atoms with Crippen molar-refractivity contribution in [2.24, 2.45) is 0 Å². The molecule has 5 nitrogen and oxygen atoms in total. The van der Waals surface area contributed by atoms with E-state index in [2.05, 4.69) is 185 Å². The van der Waals surface area contributed by atoms with Gasteiger partial charge in [-0.1, -0.05) is 188 Å². The van der Waals surface area contributed by atoms with Gasteiger partial charge in [0.2, 0.25) is 5.95 Å². The van der Waals surface area contributed by atoms with Gasteiger partial charge in [0.05, 0.1) is 22.1 Å². The molecule has 0 spiro atoms. The fourth-order valence-electron chi connectivity index (χ4n) is 9.86. The number of hydrogen-bond acceptors (Lipinski definition) is 3. The quantitative estimate of drug-likeness (QED) is 0.163. The normalized spacial score (nSPS) is 11.9. The molecule has 0 unspecified atom stereocenters. The van der Waals surface area contributed by atoms with Crippen LogP contribution in [-0.4, -0.2) is 24.1 Å². The van der Waals surface area contributed by atoms with E-state index in [-0.39, 0.29) is 0 Å². The number of rotatable bonds is 5. The largest absolute Gasteiger partial charge is 0.307 e. The third-order valence-electron chi connectivity index (χ3n) is 12.6. The lowest BCUT2D eigenvalue weighted by Gasteiger charge is -2.15. The highest BCUT2D eigenvalue weighted by Crippen LogP contribution is 2.43. The van der Waals surface area contributed by atoms with Gasteiger partial charge in [0.1, 0.15) is 0 Å². The van der Waals surface area contributed by atoms with E-state index in [1.54, 1.807) is 0 Å². The maximum atomic E-state index is 5.28. The Kier molecular flexibility index (Phi) is 7.54. The van der Waals surface area contributed by atoms with Gasteiger partial charge in [-0.25, -0.2) is 4.98 Å². The Hall–Kier alpha value is -8.41. The molecule has 10 aromatic carbocycles. The number of hydrogen-bond donors (Lipinski definition) is 0. The van der Waals surface area contributed by atoms with Crippen LogP contribution in [0.1, 0.15) is 0 Å².